The minimum atomic E-state index is 0. The van der Waals surface area contributed by atoms with E-state index in [2.05, 4.69) is 15.9 Å². The Labute approximate surface area is 122 Å². The molecule has 0 saturated carbocycles. The van der Waals surface area contributed by atoms with Crippen molar-refractivity contribution >= 4 is 34.2 Å². The summed E-state index contributed by atoms with van der Waals surface area (Å²) in [4.78, 5) is 14.1. The Bertz CT molecular complexity index is 425. The molecule has 1 saturated heterocycles. The third-order valence-electron chi connectivity index (χ3n) is 3.33. The largest absolute Gasteiger partial charge is 0.338 e. The van der Waals surface area contributed by atoms with Gasteiger partial charge in [0.25, 0.3) is 5.91 Å². The lowest BCUT2D eigenvalue weighted by atomic mass is 10.0. The van der Waals surface area contributed by atoms with Crippen molar-refractivity contribution in [1.29, 1.82) is 0 Å². The number of likely N-dealkylation sites (tertiary alicyclic amines) is 1. The van der Waals surface area contributed by atoms with Gasteiger partial charge in [-0.25, -0.2) is 0 Å². The van der Waals surface area contributed by atoms with Gasteiger partial charge in [0, 0.05) is 29.2 Å². The molecule has 3 nitrogen and oxygen atoms in total. The highest BCUT2D eigenvalue weighted by Crippen LogP contribution is 2.21. The lowest BCUT2D eigenvalue weighted by Crippen LogP contribution is -2.32. The van der Waals surface area contributed by atoms with Gasteiger partial charge in [-0.1, -0.05) is 22.0 Å². The van der Waals surface area contributed by atoms with Crippen molar-refractivity contribution in [3.05, 3.63) is 34.3 Å². The van der Waals surface area contributed by atoms with Crippen LogP contribution in [0.1, 0.15) is 23.7 Å². The molecule has 1 amide bonds. The van der Waals surface area contributed by atoms with E-state index >= 15 is 0 Å². The fraction of sp³-hybridized carbons (Fsp3) is 0.462. The summed E-state index contributed by atoms with van der Waals surface area (Å²) in [5, 5.41) is 0. The molecule has 100 valence electrons. The number of hydrogen-bond acceptors (Lipinski definition) is 2. The standard InChI is InChI=1S/C13H17BrN2O.ClH/c1-9(15)11-5-6-16(8-11)13(17)10-3-2-4-12(14)7-10;/h2-4,7,9,11H,5-6,8,15H2,1H3;1H. The van der Waals surface area contributed by atoms with Crippen molar-refractivity contribution in [2.24, 2.45) is 11.7 Å². The van der Waals surface area contributed by atoms with Crippen LogP contribution in [0.2, 0.25) is 0 Å². The quantitative estimate of drug-likeness (QED) is 0.904. The zero-order chi connectivity index (χ0) is 12.4. The zero-order valence-corrected chi connectivity index (χ0v) is 12.7. The summed E-state index contributed by atoms with van der Waals surface area (Å²) in [5.41, 5.74) is 6.62. The van der Waals surface area contributed by atoms with Crippen LogP contribution in [-0.4, -0.2) is 29.9 Å². The number of carbonyl (C=O) groups is 1. The molecule has 1 aromatic rings. The molecular weight excluding hydrogens is 316 g/mol. The monoisotopic (exact) mass is 332 g/mol. The number of carbonyl (C=O) groups excluding carboxylic acids is 1. The molecule has 0 aromatic heterocycles. The molecule has 2 atom stereocenters. The molecular formula is C13H18BrClN2O. The highest BCUT2D eigenvalue weighted by Gasteiger charge is 2.28. The van der Waals surface area contributed by atoms with Crippen molar-refractivity contribution in [2.45, 2.75) is 19.4 Å². The molecule has 1 heterocycles. The Balaban J connectivity index is 0.00000162. The zero-order valence-electron chi connectivity index (χ0n) is 10.3. The van der Waals surface area contributed by atoms with E-state index in [1.807, 2.05) is 36.1 Å². The summed E-state index contributed by atoms with van der Waals surface area (Å²) in [6, 6.07) is 7.69. The van der Waals surface area contributed by atoms with Crippen molar-refractivity contribution in [2.75, 3.05) is 13.1 Å². The summed E-state index contributed by atoms with van der Waals surface area (Å²) in [6.07, 6.45) is 1.01. The number of nitrogens with two attached hydrogens (primary N) is 1. The van der Waals surface area contributed by atoms with E-state index in [9.17, 15) is 4.79 Å². The molecule has 1 aliphatic rings. The fourth-order valence-corrected chi connectivity index (χ4v) is 2.60. The number of nitrogens with zero attached hydrogens (tertiary/aromatic N) is 1. The molecule has 2 N–H and O–H groups in total. The molecule has 0 radical (unpaired) electrons. The number of hydrogen-bond donors (Lipinski definition) is 1. The van der Waals surface area contributed by atoms with E-state index in [1.54, 1.807) is 0 Å². The molecule has 1 fully saturated rings. The number of halogens is 2. The number of rotatable bonds is 2. The SMILES string of the molecule is CC(N)C1CCN(C(=O)c2cccc(Br)c2)C1.Cl. The van der Waals surface area contributed by atoms with Crippen LogP contribution >= 0.6 is 28.3 Å². The van der Waals surface area contributed by atoms with E-state index in [0.717, 1.165) is 29.5 Å². The van der Waals surface area contributed by atoms with Crippen LogP contribution in [0.4, 0.5) is 0 Å². The maximum atomic E-state index is 12.2. The summed E-state index contributed by atoms with van der Waals surface area (Å²) in [6.45, 7) is 3.61. The molecule has 5 heteroatoms. The highest BCUT2D eigenvalue weighted by atomic mass is 79.9. The van der Waals surface area contributed by atoms with Gasteiger partial charge in [0.15, 0.2) is 0 Å². The van der Waals surface area contributed by atoms with Gasteiger partial charge < -0.3 is 10.6 Å². The second-order valence-electron chi connectivity index (χ2n) is 4.67. The second kappa shape index (κ2) is 6.55. The summed E-state index contributed by atoms with van der Waals surface area (Å²) in [7, 11) is 0. The van der Waals surface area contributed by atoms with E-state index in [0.29, 0.717) is 5.92 Å². The van der Waals surface area contributed by atoms with Gasteiger partial charge in [0.1, 0.15) is 0 Å². The van der Waals surface area contributed by atoms with Gasteiger partial charge in [0.2, 0.25) is 0 Å². The molecule has 0 aliphatic carbocycles. The molecule has 1 aromatic carbocycles. The van der Waals surface area contributed by atoms with Crippen LogP contribution in [0.15, 0.2) is 28.7 Å². The predicted octanol–water partition coefficient (Wildman–Crippen LogP) is 2.68. The Hall–Kier alpha value is -0.580. The summed E-state index contributed by atoms with van der Waals surface area (Å²) >= 11 is 3.38. The molecule has 0 spiro atoms. The van der Waals surface area contributed by atoms with Gasteiger partial charge in [-0.05, 0) is 37.5 Å². The second-order valence-corrected chi connectivity index (χ2v) is 5.59. The third-order valence-corrected chi connectivity index (χ3v) is 3.82. The van der Waals surface area contributed by atoms with Crippen LogP contribution in [0, 0.1) is 5.92 Å². The first-order valence-electron chi connectivity index (χ1n) is 5.88. The third kappa shape index (κ3) is 3.46. The lowest BCUT2D eigenvalue weighted by Gasteiger charge is -2.18. The lowest BCUT2D eigenvalue weighted by molar-refractivity contribution is 0.0786. The van der Waals surface area contributed by atoms with Crippen molar-refractivity contribution < 1.29 is 4.79 Å². The number of benzene rings is 1. The van der Waals surface area contributed by atoms with Crippen LogP contribution in [0.5, 0.6) is 0 Å². The fourth-order valence-electron chi connectivity index (χ4n) is 2.21. The van der Waals surface area contributed by atoms with Gasteiger partial charge in [-0.15, -0.1) is 12.4 Å². The van der Waals surface area contributed by atoms with E-state index in [1.165, 1.54) is 0 Å². The van der Waals surface area contributed by atoms with Crippen molar-refractivity contribution in [1.82, 2.24) is 4.90 Å². The predicted molar refractivity (Wildman–Crippen MR) is 79.0 cm³/mol. The minimum absolute atomic E-state index is 0. The first kappa shape index (κ1) is 15.5. The average Bonchev–Trinajstić information content (AvgIpc) is 2.77. The van der Waals surface area contributed by atoms with Crippen molar-refractivity contribution in [3.63, 3.8) is 0 Å². The Morgan fingerprint density at radius 1 is 1.56 bits per heavy atom. The Morgan fingerprint density at radius 2 is 2.28 bits per heavy atom. The normalized spacial score (nSPS) is 20.4. The van der Waals surface area contributed by atoms with E-state index in [4.69, 9.17) is 5.73 Å². The van der Waals surface area contributed by atoms with Crippen LogP contribution < -0.4 is 5.73 Å². The summed E-state index contributed by atoms with van der Waals surface area (Å²) < 4.78 is 0.936. The summed E-state index contributed by atoms with van der Waals surface area (Å²) in [5.74, 6) is 0.542. The van der Waals surface area contributed by atoms with E-state index in [-0.39, 0.29) is 24.4 Å². The van der Waals surface area contributed by atoms with Gasteiger partial charge in [0.05, 0.1) is 0 Å². The molecule has 2 rings (SSSR count). The van der Waals surface area contributed by atoms with Crippen LogP contribution in [-0.2, 0) is 0 Å². The Kier molecular flexibility index (Phi) is 5.63. The highest BCUT2D eigenvalue weighted by molar-refractivity contribution is 9.10. The average molecular weight is 334 g/mol. The van der Waals surface area contributed by atoms with Gasteiger partial charge in [-0.3, -0.25) is 4.79 Å². The Morgan fingerprint density at radius 3 is 2.83 bits per heavy atom. The molecule has 2 unspecified atom stereocenters. The topological polar surface area (TPSA) is 46.3 Å². The number of amides is 1. The van der Waals surface area contributed by atoms with Gasteiger partial charge >= 0.3 is 0 Å². The molecule has 0 bridgehead atoms. The molecule has 18 heavy (non-hydrogen) atoms. The first-order valence-corrected chi connectivity index (χ1v) is 6.67. The van der Waals surface area contributed by atoms with Crippen molar-refractivity contribution in [3.8, 4) is 0 Å². The first-order chi connectivity index (χ1) is 8.08. The smallest absolute Gasteiger partial charge is 0.253 e. The van der Waals surface area contributed by atoms with Crippen LogP contribution in [0.3, 0.4) is 0 Å². The van der Waals surface area contributed by atoms with E-state index < -0.39 is 0 Å². The molecule has 1 aliphatic heterocycles. The maximum Gasteiger partial charge on any atom is 0.253 e. The van der Waals surface area contributed by atoms with Gasteiger partial charge in [-0.2, -0.15) is 0 Å². The van der Waals surface area contributed by atoms with Crippen LogP contribution in [0.25, 0.3) is 0 Å². The minimum Gasteiger partial charge on any atom is -0.338 e. The maximum absolute atomic E-state index is 12.2.